The molecule has 3 N–H and O–H groups in total. The highest BCUT2D eigenvalue weighted by atomic mass is 16.5. The zero-order valence-corrected chi connectivity index (χ0v) is 16.9. The van der Waals surface area contributed by atoms with E-state index in [9.17, 15) is 15.0 Å². The summed E-state index contributed by atoms with van der Waals surface area (Å²) in [6.07, 6.45) is 2.50. The molecule has 0 aliphatic heterocycles. The van der Waals surface area contributed by atoms with Crippen LogP contribution in [0.2, 0.25) is 0 Å². The number of aromatic hydroxyl groups is 1. The summed E-state index contributed by atoms with van der Waals surface area (Å²) in [7, 11) is 3.61. The average molecular weight is 411 g/mol. The van der Waals surface area contributed by atoms with Crippen molar-refractivity contribution in [3.63, 3.8) is 0 Å². The normalized spacial score (nSPS) is 11.8. The Bertz CT molecular complexity index is 987. The molecule has 0 saturated heterocycles. The summed E-state index contributed by atoms with van der Waals surface area (Å²) in [4.78, 5) is 19.6. The number of ether oxygens (including phenoxy) is 1. The van der Waals surface area contributed by atoms with E-state index in [-0.39, 0.29) is 18.2 Å². The highest BCUT2D eigenvalue weighted by Crippen LogP contribution is 2.26. The largest absolute Gasteiger partial charge is 0.493 e. The Kier molecular flexibility index (Phi) is 6.84. The van der Waals surface area contributed by atoms with Crippen LogP contribution in [0, 0.1) is 0 Å². The molecule has 0 fully saturated rings. The molecule has 0 aliphatic rings. The van der Waals surface area contributed by atoms with Crippen LogP contribution in [0.25, 0.3) is 0 Å². The third-order valence-corrected chi connectivity index (χ3v) is 4.68. The number of hydrogen-bond donors (Lipinski definition) is 3. The van der Waals surface area contributed by atoms with Gasteiger partial charge in [0, 0.05) is 50.5 Å². The predicted molar refractivity (Wildman–Crippen MR) is 111 cm³/mol. The first-order valence-corrected chi connectivity index (χ1v) is 9.60. The van der Waals surface area contributed by atoms with Crippen molar-refractivity contribution in [2.24, 2.45) is 7.05 Å². The molecule has 9 nitrogen and oxygen atoms in total. The zero-order valence-electron chi connectivity index (χ0n) is 16.9. The number of carboxylic acid groups (broad SMARTS) is 1. The second-order valence-corrected chi connectivity index (χ2v) is 6.91. The average Bonchev–Trinajstić information content (AvgIpc) is 3.07. The number of rotatable bonds is 10. The smallest absolute Gasteiger partial charge is 0.303 e. The molecule has 1 unspecified atom stereocenters. The number of nitrogens with zero attached hydrogens (tertiary/aromatic N) is 4. The topological polar surface area (TPSA) is 122 Å². The van der Waals surface area contributed by atoms with Crippen molar-refractivity contribution < 1.29 is 19.7 Å². The van der Waals surface area contributed by atoms with Gasteiger partial charge in [-0.3, -0.25) is 4.79 Å². The summed E-state index contributed by atoms with van der Waals surface area (Å²) in [6.45, 7) is 0.444. The molecule has 158 valence electrons. The van der Waals surface area contributed by atoms with Gasteiger partial charge in [0.2, 0.25) is 11.8 Å². The van der Waals surface area contributed by atoms with E-state index in [2.05, 4.69) is 20.4 Å². The molecule has 9 heteroatoms. The Morgan fingerprint density at radius 2 is 2.10 bits per heavy atom. The quantitative estimate of drug-likeness (QED) is 0.465. The van der Waals surface area contributed by atoms with E-state index in [0.29, 0.717) is 25.3 Å². The Hall–Kier alpha value is -3.62. The number of anilines is 1. The molecular formula is C21H25N5O4. The first-order valence-electron chi connectivity index (χ1n) is 9.60. The maximum Gasteiger partial charge on any atom is 0.303 e. The molecule has 0 spiro atoms. The van der Waals surface area contributed by atoms with Crippen LogP contribution in [-0.2, 0) is 24.7 Å². The number of aliphatic carboxylic acids is 1. The van der Waals surface area contributed by atoms with Gasteiger partial charge >= 0.3 is 5.97 Å². The molecule has 0 amide bonds. The number of aryl methyl sites for hydroxylation is 1. The van der Waals surface area contributed by atoms with E-state index in [1.165, 1.54) is 12.3 Å². The minimum Gasteiger partial charge on any atom is -0.493 e. The van der Waals surface area contributed by atoms with Gasteiger partial charge in [0.05, 0.1) is 18.7 Å². The molecule has 0 aromatic carbocycles. The molecule has 3 heterocycles. The van der Waals surface area contributed by atoms with Crippen LogP contribution < -0.4 is 10.1 Å². The SMILES string of the molecule is CNc1cccc(CCOc2cc(CC(CC(=O)O)c3ccc(O)nc3)nn2C)n1. The van der Waals surface area contributed by atoms with Crippen LogP contribution in [0.5, 0.6) is 11.8 Å². The Morgan fingerprint density at radius 3 is 2.80 bits per heavy atom. The first-order chi connectivity index (χ1) is 14.4. The van der Waals surface area contributed by atoms with Crippen LogP contribution in [0.3, 0.4) is 0 Å². The molecule has 0 aliphatic carbocycles. The van der Waals surface area contributed by atoms with Crippen molar-refractivity contribution in [3.05, 3.63) is 59.5 Å². The summed E-state index contributed by atoms with van der Waals surface area (Å²) in [5, 5.41) is 26.1. The second kappa shape index (κ2) is 9.73. The van der Waals surface area contributed by atoms with Crippen LogP contribution in [-0.4, -0.2) is 49.6 Å². The Morgan fingerprint density at radius 1 is 1.27 bits per heavy atom. The molecule has 0 saturated carbocycles. The minimum absolute atomic E-state index is 0.0628. The van der Waals surface area contributed by atoms with E-state index in [1.54, 1.807) is 17.8 Å². The third-order valence-electron chi connectivity index (χ3n) is 4.68. The molecule has 0 radical (unpaired) electrons. The number of pyridine rings is 2. The lowest BCUT2D eigenvalue weighted by Gasteiger charge is -2.13. The monoisotopic (exact) mass is 411 g/mol. The Labute approximate surface area is 174 Å². The van der Waals surface area contributed by atoms with Crippen LogP contribution in [0.1, 0.15) is 29.3 Å². The van der Waals surface area contributed by atoms with Crippen molar-refractivity contribution in [2.45, 2.75) is 25.2 Å². The van der Waals surface area contributed by atoms with Crippen molar-refractivity contribution in [3.8, 4) is 11.8 Å². The van der Waals surface area contributed by atoms with Gasteiger partial charge in [-0.15, -0.1) is 0 Å². The summed E-state index contributed by atoms with van der Waals surface area (Å²) < 4.78 is 7.50. The maximum absolute atomic E-state index is 11.3. The first kappa shape index (κ1) is 21.1. The molecule has 0 bridgehead atoms. The molecule has 3 aromatic rings. The van der Waals surface area contributed by atoms with Gasteiger partial charge in [-0.2, -0.15) is 5.10 Å². The van der Waals surface area contributed by atoms with Crippen molar-refractivity contribution in [1.29, 1.82) is 0 Å². The third kappa shape index (κ3) is 5.69. The van der Waals surface area contributed by atoms with Gasteiger partial charge in [0.25, 0.3) is 0 Å². The molecule has 1 atom stereocenters. The van der Waals surface area contributed by atoms with Gasteiger partial charge in [0.1, 0.15) is 5.82 Å². The van der Waals surface area contributed by atoms with E-state index >= 15 is 0 Å². The highest BCUT2D eigenvalue weighted by molar-refractivity contribution is 5.68. The van der Waals surface area contributed by atoms with Crippen LogP contribution in [0.4, 0.5) is 5.82 Å². The number of hydrogen-bond acceptors (Lipinski definition) is 7. The maximum atomic E-state index is 11.3. The van der Waals surface area contributed by atoms with Crippen molar-refractivity contribution in [1.82, 2.24) is 19.7 Å². The van der Waals surface area contributed by atoms with E-state index in [1.807, 2.05) is 31.3 Å². The highest BCUT2D eigenvalue weighted by Gasteiger charge is 2.19. The van der Waals surface area contributed by atoms with E-state index in [4.69, 9.17) is 4.74 Å². The molecular weight excluding hydrogens is 386 g/mol. The van der Waals surface area contributed by atoms with Crippen LogP contribution in [0.15, 0.2) is 42.6 Å². The number of nitrogens with one attached hydrogen (secondary N) is 1. The lowest BCUT2D eigenvalue weighted by Crippen LogP contribution is -2.10. The number of carbonyl (C=O) groups is 1. The molecule has 30 heavy (non-hydrogen) atoms. The standard InChI is InChI=1S/C21H25N5O4/c1-22-18-5-3-4-16(24-18)8-9-30-20-12-17(25-26(20)2)10-15(11-21(28)29)14-6-7-19(27)23-13-14/h3-7,12-13,15H,8-11H2,1-2H3,(H,22,24)(H,23,27)(H,28,29). The second-order valence-electron chi connectivity index (χ2n) is 6.91. The van der Waals surface area contributed by atoms with Gasteiger partial charge in [0.15, 0.2) is 0 Å². The fraction of sp³-hybridized carbons (Fsp3) is 0.333. The molecule has 3 rings (SSSR count). The van der Waals surface area contributed by atoms with E-state index < -0.39 is 5.97 Å². The van der Waals surface area contributed by atoms with Crippen LogP contribution >= 0.6 is 0 Å². The summed E-state index contributed by atoms with van der Waals surface area (Å²) in [5.41, 5.74) is 2.38. The fourth-order valence-corrected chi connectivity index (χ4v) is 3.17. The van der Waals surface area contributed by atoms with E-state index in [0.717, 1.165) is 22.8 Å². The number of aromatic nitrogens is 4. The van der Waals surface area contributed by atoms with Crippen molar-refractivity contribution >= 4 is 11.8 Å². The van der Waals surface area contributed by atoms with Crippen molar-refractivity contribution in [2.75, 3.05) is 19.0 Å². The fourth-order valence-electron chi connectivity index (χ4n) is 3.17. The predicted octanol–water partition coefficient (Wildman–Crippen LogP) is 2.38. The van der Waals surface area contributed by atoms with Gasteiger partial charge in [-0.25, -0.2) is 14.6 Å². The summed E-state index contributed by atoms with van der Waals surface area (Å²) in [5.74, 6) is 0.0934. The zero-order chi connectivity index (χ0) is 21.5. The van der Waals surface area contributed by atoms with Gasteiger partial charge in [-0.05, 0) is 24.1 Å². The minimum atomic E-state index is -0.906. The molecule has 3 aromatic heterocycles. The lowest BCUT2D eigenvalue weighted by atomic mass is 9.92. The summed E-state index contributed by atoms with van der Waals surface area (Å²) >= 11 is 0. The van der Waals surface area contributed by atoms with Gasteiger partial charge in [-0.1, -0.05) is 12.1 Å². The number of carboxylic acids is 1. The summed E-state index contributed by atoms with van der Waals surface area (Å²) in [6, 6.07) is 10.7. The Balaban J connectivity index is 1.64. The van der Waals surface area contributed by atoms with Gasteiger partial charge < -0.3 is 20.3 Å². The lowest BCUT2D eigenvalue weighted by molar-refractivity contribution is -0.137.